The number of para-hydroxylation sites is 1. The monoisotopic (exact) mass is 395 g/mol. The molecule has 28 heavy (non-hydrogen) atoms. The molecule has 0 saturated heterocycles. The van der Waals surface area contributed by atoms with Crippen LogP contribution in [0.5, 0.6) is 17.2 Å². The van der Waals surface area contributed by atoms with Crippen molar-refractivity contribution in [3.05, 3.63) is 82.9 Å². The quantitative estimate of drug-likeness (QED) is 0.544. The van der Waals surface area contributed by atoms with Gasteiger partial charge in [-0.1, -0.05) is 41.9 Å². The third-order valence-corrected chi connectivity index (χ3v) is 4.63. The second-order valence-electron chi connectivity index (χ2n) is 6.50. The Morgan fingerprint density at radius 3 is 2.46 bits per heavy atom. The molecule has 1 N–H and O–H groups in total. The summed E-state index contributed by atoms with van der Waals surface area (Å²) in [6.45, 7) is 5.68. The van der Waals surface area contributed by atoms with Crippen molar-refractivity contribution in [1.82, 2.24) is 0 Å². The van der Waals surface area contributed by atoms with Crippen LogP contribution in [-0.2, 0) is 4.79 Å². The number of ether oxygens (including phenoxy) is 2. The van der Waals surface area contributed by atoms with Crippen molar-refractivity contribution >= 4 is 23.2 Å². The summed E-state index contributed by atoms with van der Waals surface area (Å²) in [5.41, 5.74) is 2.61. The number of benzene rings is 3. The molecule has 0 bridgehead atoms. The molecular weight excluding hydrogens is 374 g/mol. The van der Waals surface area contributed by atoms with Crippen LogP contribution < -0.4 is 14.8 Å². The molecule has 3 aromatic carbocycles. The number of amides is 1. The molecule has 3 rings (SSSR count). The molecule has 0 aromatic heterocycles. The van der Waals surface area contributed by atoms with E-state index in [0.717, 1.165) is 11.1 Å². The summed E-state index contributed by atoms with van der Waals surface area (Å²) < 4.78 is 11.7. The average Bonchev–Trinajstić information content (AvgIpc) is 2.68. The molecule has 0 heterocycles. The van der Waals surface area contributed by atoms with E-state index in [-0.39, 0.29) is 5.91 Å². The van der Waals surface area contributed by atoms with Gasteiger partial charge in [0.05, 0.1) is 5.69 Å². The third-order valence-electron chi connectivity index (χ3n) is 4.40. The third kappa shape index (κ3) is 4.84. The van der Waals surface area contributed by atoms with E-state index in [1.807, 2.05) is 62.4 Å². The standard InChI is InChI=1S/C23H22ClNO3/c1-15-8-7-11-21(16(15)2)27-17(3)23(26)25-20-14-18(24)12-13-22(20)28-19-9-5-4-6-10-19/h4-14,17H,1-3H3,(H,25,26). The van der Waals surface area contributed by atoms with E-state index in [1.54, 1.807) is 25.1 Å². The molecule has 144 valence electrons. The predicted octanol–water partition coefficient (Wildman–Crippen LogP) is 6.16. The van der Waals surface area contributed by atoms with Gasteiger partial charge in [-0.2, -0.15) is 0 Å². The largest absolute Gasteiger partial charge is 0.481 e. The Kier molecular flexibility index (Phi) is 6.22. The van der Waals surface area contributed by atoms with Gasteiger partial charge in [-0.3, -0.25) is 4.79 Å². The SMILES string of the molecule is Cc1cccc(OC(C)C(=O)Nc2cc(Cl)ccc2Oc2ccccc2)c1C. The summed E-state index contributed by atoms with van der Waals surface area (Å²) in [4.78, 5) is 12.7. The van der Waals surface area contributed by atoms with Crippen molar-refractivity contribution in [3.8, 4) is 17.2 Å². The van der Waals surface area contributed by atoms with E-state index in [0.29, 0.717) is 28.0 Å². The van der Waals surface area contributed by atoms with Gasteiger partial charge < -0.3 is 14.8 Å². The van der Waals surface area contributed by atoms with Gasteiger partial charge in [0.1, 0.15) is 11.5 Å². The van der Waals surface area contributed by atoms with E-state index in [1.165, 1.54) is 0 Å². The van der Waals surface area contributed by atoms with Gasteiger partial charge in [0.15, 0.2) is 11.9 Å². The summed E-state index contributed by atoms with van der Waals surface area (Å²) in [5.74, 6) is 1.57. The van der Waals surface area contributed by atoms with Crippen molar-refractivity contribution in [1.29, 1.82) is 0 Å². The molecule has 0 saturated carbocycles. The summed E-state index contributed by atoms with van der Waals surface area (Å²) in [6.07, 6.45) is -0.691. The van der Waals surface area contributed by atoms with E-state index in [4.69, 9.17) is 21.1 Å². The number of aryl methyl sites for hydroxylation is 1. The second kappa shape index (κ2) is 8.81. The second-order valence-corrected chi connectivity index (χ2v) is 6.94. The van der Waals surface area contributed by atoms with Gasteiger partial charge in [0, 0.05) is 5.02 Å². The fourth-order valence-corrected chi connectivity index (χ4v) is 2.81. The maximum atomic E-state index is 12.7. The summed E-state index contributed by atoms with van der Waals surface area (Å²) in [6, 6.07) is 20.2. The lowest BCUT2D eigenvalue weighted by Crippen LogP contribution is -2.30. The Bertz CT molecular complexity index is 973. The lowest BCUT2D eigenvalue weighted by atomic mass is 10.1. The Labute approximate surface area is 170 Å². The maximum Gasteiger partial charge on any atom is 0.265 e. The molecule has 0 aliphatic rings. The lowest BCUT2D eigenvalue weighted by Gasteiger charge is -2.18. The van der Waals surface area contributed by atoms with Gasteiger partial charge in [0.2, 0.25) is 0 Å². The summed E-state index contributed by atoms with van der Waals surface area (Å²) in [7, 11) is 0. The number of halogens is 1. The average molecular weight is 396 g/mol. The lowest BCUT2D eigenvalue weighted by molar-refractivity contribution is -0.122. The molecule has 5 heteroatoms. The van der Waals surface area contributed by atoms with E-state index < -0.39 is 6.10 Å². The summed E-state index contributed by atoms with van der Waals surface area (Å²) >= 11 is 6.11. The normalized spacial score (nSPS) is 11.6. The first-order valence-corrected chi connectivity index (χ1v) is 9.38. The van der Waals surface area contributed by atoms with Crippen molar-refractivity contribution in [2.45, 2.75) is 26.9 Å². The predicted molar refractivity (Wildman–Crippen MR) is 113 cm³/mol. The van der Waals surface area contributed by atoms with Crippen LogP contribution in [0.25, 0.3) is 0 Å². The zero-order chi connectivity index (χ0) is 20.1. The molecule has 1 atom stereocenters. The van der Waals surface area contributed by atoms with Crippen LogP contribution in [0.2, 0.25) is 5.02 Å². The number of hydrogen-bond acceptors (Lipinski definition) is 3. The minimum absolute atomic E-state index is 0.291. The van der Waals surface area contributed by atoms with Crippen molar-refractivity contribution in [2.75, 3.05) is 5.32 Å². The molecule has 0 fully saturated rings. The highest BCUT2D eigenvalue weighted by atomic mass is 35.5. The molecule has 1 amide bonds. The number of carbonyl (C=O) groups is 1. The minimum atomic E-state index is -0.691. The highest BCUT2D eigenvalue weighted by Crippen LogP contribution is 2.32. The number of nitrogens with one attached hydrogen (secondary N) is 1. The van der Waals surface area contributed by atoms with Gasteiger partial charge in [-0.15, -0.1) is 0 Å². The molecule has 0 aliphatic carbocycles. The number of carbonyl (C=O) groups excluding carboxylic acids is 1. The zero-order valence-corrected chi connectivity index (χ0v) is 16.8. The Hall–Kier alpha value is -2.98. The van der Waals surface area contributed by atoms with Crippen LogP contribution in [0.15, 0.2) is 66.7 Å². The highest BCUT2D eigenvalue weighted by molar-refractivity contribution is 6.31. The number of hydrogen-bond donors (Lipinski definition) is 1. The first-order valence-electron chi connectivity index (χ1n) is 9.00. The molecule has 0 spiro atoms. The fraction of sp³-hybridized carbons (Fsp3) is 0.174. The molecular formula is C23H22ClNO3. The molecule has 0 aliphatic heterocycles. The van der Waals surface area contributed by atoms with Crippen molar-refractivity contribution in [3.63, 3.8) is 0 Å². The van der Waals surface area contributed by atoms with Gasteiger partial charge in [-0.05, 0) is 68.3 Å². The molecule has 1 unspecified atom stereocenters. The van der Waals surface area contributed by atoms with Gasteiger partial charge in [0.25, 0.3) is 5.91 Å². The fourth-order valence-electron chi connectivity index (χ4n) is 2.63. The van der Waals surface area contributed by atoms with E-state index in [2.05, 4.69) is 5.32 Å². The van der Waals surface area contributed by atoms with E-state index >= 15 is 0 Å². The first kappa shape index (κ1) is 19.8. The Morgan fingerprint density at radius 1 is 0.964 bits per heavy atom. The molecule has 0 radical (unpaired) electrons. The van der Waals surface area contributed by atoms with Crippen LogP contribution >= 0.6 is 11.6 Å². The van der Waals surface area contributed by atoms with Crippen LogP contribution in [0.1, 0.15) is 18.1 Å². The maximum absolute atomic E-state index is 12.7. The Balaban J connectivity index is 1.75. The van der Waals surface area contributed by atoms with Crippen molar-refractivity contribution < 1.29 is 14.3 Å². The molecule has 3 aromatic rings. The highest BCUT2D eigenvalue weighted by Gasteiger charge is 2.18. The molecule has 4 nitrogen and oxygen atoms in total. The van der Waals surface area contributed by atoms with Gasteiger partial charge >= 0.3 is 0 Å². The van der Waals surface area contributed by atoms with Crippen LogP contribution in [-0.4, -0.2) is 12.0 Å². The minimum Gasteiger partial charge on any atom is -0.481 e. The van der Waals surface area contributed by atoms with Gasteiger partial charge in [-0.25, -0.2) is 0 Å². The zero-order valence-electron chi connectivity index (χ0n) is 16.0. The first-order chi connectivity index (χ1) is 13.4. The van der Waals surface area contributed by atoms with E-state index in [9.17, 15) is 4.79 Å². The van der Waals surface area contributed by atoms with Crippen LogP contribution in [0.3, 0.4) is 0 Å². The van der Waals surface area contributed by atoms with Crippen molar-refractivity contribution in [2.24, 2.45) is 0 Å². The van der Waals surface area contributed by atoms with Crippen LogP contribution in [0.4, 0.5) is 5.69 Å². The topological polar surface area (TPSA) is 47.6 Å². The smallest absolute Gasteiger partial charge is 0.265 e. The summed E-state index contributed by atoms with van der Waals surface area (Å²) in [5, 5.41) is 3.35. The number of rotatable bonds is 6. The number of anilines is 1. The Morgan fingerprint density at radius 2 is 1.71 bits per heavy atom. The van der Waals surface area contributed by atoms with Crippen LogP contribution in [0, 0.1) is 13.8 Å².